The van der Waals surface area contributed by atoms with E-state index in [1.807, 2.05) is 54.9 Å². The van der Waals surface area contributed by atoms with Gasteiger partial charge in [-0.25, -0.2) is 4.98 Å². The number of aryl methyl sites for hydroxylation is 2. The molecule has 0 atom stereocenters. The Hall–Kier alpha value is -2.82. The molecule has 112 valence electrons. The molecular weight excluding hydrogens is 278 g/mol. The number of hydrogen-bond donors (Lipinski definition) is 1. The molecule has 0 aliphatic rings. The van der Waals surface area contributed by atoms with Crippen molar-refractivity contribution >= 4 is 22.6 Å². The minimum atomic E-state index is -0.192. The molecule has 0 saturated carbocycles. The van der Waals surface area contributed by atoms with Crippen LogP contribution in [0.5, 0.6) is 5.75 Å². The lowest BCUT2D eigenvalue weighted by molar-refractivity contribution is 0.101. The molecule has 2 heterocycles. The first-order valence-corrected chi connectivity index (χ1v) is 6.97. The predicted molar refractivity (Wildman–Crippen MR) is 86.4 cm³/mol. The van der Waals surface area contributed by atoms with E-state index in [9.17, 15) is 4.79 Å². The SMILES string of the molecule is COc1cccc2c1cc(C(=O)Nc1ncccc1C)n2C. The summed E-state index contributed by atoms with van der Waals surface area (Å²) in [5.41, 5.74) is 2.43. The van der Waals surface area contributed by atoms with Crippen molar-refractivity contribution in [2.75, 3.05) is 12.4 Å². The van der Waals surface area contributed by atoms with Crippen LogP contribution >= 0.6 is 0 Å². The Morgan fingerprint density at radius 2 is 2.09 bits per heavy atom. The monoisotopic (exact) mass is 295 g/mol. The fraction of sp³-hybridized carbons (Fsp3) is 0.176. The summed E-state index contributed by atoms with van der Waals surface area (Å²) in [7, 11) is 3.49. The first-order valence-electron chi connectivity index (χ1n) is 6.97. The maximum atomic E-state index is 12.5. The first kappa shape index (κ1) is 14.1. The largest absolute Gasteiger partial charge is 0.496 e. The van der Waals surface area contributed by atoms with E-state index in [2.05, 4.69) is 10.3 Å². The molecule has 0 saturated heterocycles. The minimum Gasteiger partial charge on any atom is -0.496 e. The van der Waals surface area contributed by atoms with Gasteiger partial charge in [0.2, 0.25) is 0 Å². The van der Waals surface area contributed by atoms with E-state index in [4.69, 9.17) is 4.74 Å². The van der Waals surface area contributed by atoms with Gasteiger partial charge >= 0.3 is 0 Å². The number of carbonyl (C=O) groups excluding carboxylic acids is 1. The van der Waals surface area contributed by atoms with Crippen molar-refractivity contribution < 1.29 is 9.53 Å². The first-order chi connectivity index (χ1) is 10.6. The Morgan fingerprint density at radius 1 is 1.27 bits per heavy atom. The van der Waals surface area contributed by atoms with Gasteiger partial charge in [-0.2, -0.15) is 0 Å². The number of benzene rings is 1. The minimum absolute atomic E-state index is 0.192. The third kappa shape index (κ3) is 2.30. The van der Waals surface area contributed by atoms with Gasteiger partial charge in [-0.3, -0.25) is 4.79 Å². The van der Waals surface area contributed by atoms with Crippen LogP contribution < -0.4 is 10.1 Å². The molecule has 0 fully saturated rings. The quantitative estimate of drug-likeness (QED) is 0.807. The standard InChI is InChI=1S/C17H17N3O2/c1-11-6-5-9-18-16(11)19-17(21)14-10-12-13(20(14)2)7-4-8-15(12)22-3/h4-10H,1-3H3,(H,18,19,21). The van der Waals surface area contributed by atoms with Crippen LogP contribution in [-0.4, -0.2) is 22.6 Å². The summed E-state index contributed by atoms with van der Waals surface area (Å²) in [4.78, 5) is 16.7. The van der Waals surface area contributed by atoms with E-state index >= 15 is 0 Å². The van der Waals surface area contributed by atoms with Gasteiger partial charge in [0, 0.05) is 18.6 Å². The highest BCUT2D eigenvalue weighted by molar-refractivity contribution is 6.07. The highest BCUT2D eigenvalue weighted by Gasteiger charge is 2.16. The molecule has 0 unspecified atom stereocenters. The van der Waals surface area contributed by atoms with Crippen LogP contribution in [-0.2, 0) is 7.05 Å². The summed E-state index contributed by atoms with van der Waals surface area (Å²) < 4.78 is 7.21. The van der Waals surface area contributed by atoms with Gasteiger partial charge in [0.25, 0.3) is 5.91 Å². The van der Waals surface area contributed by atoms with E-state index in [1.165, 1.54) is 0 Å². The van der Waals surface area contributed by atoms with Crippen LogP contribution in [0.4, 0.5) is 5.82 Å². The van der Waals surface area contributed by atoms with Gasteiger partial charge in [-0.05, 0) is 36.8 Å². The van der Waals surface area contributed by atoms with E-state index in [0.29, 0.717) is 11.5 Å². The number of anilines is 1. The van der Waals surface area contributed by atoms with Crippen molar-refractivity contribution in [3.8, 4) is 5.75 Å². The number of methoxy groups -OCH3 is 1. The molecule has 3 aromatic rings. The van der Waals surface area contributed by atoms with Crippen LogP contribution in [0.3, 0.4) is 0 Å². The van der Waals surface area contributed by atoms with Crippen LogP contribution in [0.2, 0.25) is 0 Å². The molecule has 5 nitrogen and oxygen atoms in total. The molecule has 1 N–H and O–H groups in total. The lowest BCUT2D eigenvalue weighted by Gasteiger charge is -2.07. The number of nitrogens with one attached hydrogen (secondary N) is 1. The third-order valence-electron chi connectivity index (χ3n) is 3.74. The number of fused-ring (bicyclic) bond motifs is 1. The number of carbonyl (C=O) groups is 1. The third-order valence-corrected chi connectivity index (χ3v) is 3.74. The van der Waals surface area contributed by atoms with Gasteiger partial charge in [0.15, 0.2) is 0 Å². The zero-order valence-electron chi connectivity index (χ0n) is 12.8. The average Bonchev–Trinajstić information content (AvgIpc) is 2.87. The van der Waals surface area contributed by atoms with Crippen LogP contribution in [0.25, 0.3) is 10.9 Å². The molecule has 0 radical (unpaired) electrons. The molecule has 5 heteroatoms. The molecule has 1 amide bonds. The van der Waals surface area contributed by atoms with Crippen LogP contribution in [0.1, 0.15) is 16.1 Å². The van der Waals surface area contributed by atoms with Gasteiger partial charge in [-0.1, -0.05) is 12.1 Å². The highest BCUT2D eigenvalue weighted by atomic mass is 16.5. The summed E-state index contributed by atoms with van der Waals surface area (Å²) in [5.74, 6) is 1.13. The van der Waals surface area contributed by atoms with Crippen molar-refractivity contribution in [2.24, 2.45) is 7.05 Å². The molecule has 3 rings (SSSR count). The Kier molecular flexibility index (Phi) is 3.55. The van der Waals surface area contributed by atoms with Crippen molar-refractivity contribution in [3.05, 3.63) is 53.9 Å². The van der Waals surface area contributed by atoms with Crippen molar-refractivity contribution in [2.45, 2.75) is 6.92 Å². The summed E-state index contributed by atoms with van der Waals surface area (Å²) in [6.45, 7) is 1.91. The van der Waals surface area contributed by atoms with Crippen LogP contribution in [0.15, 0.2) is 42.6 Å². The fourth-order valence-corrected chi connectivity index (χ4v) is 2.52. The Balaban J connectivity index is 2.01. The van der Waals surface area contributed by atoms with Gasteiger partial charge < -0.3 is 14.6 Å². The van der Waals surface area contributed by atoms with Crippen LogP contribution in [0, 0.1) is 6.92 Å². The van der Waals surface area contributed by atoms with Crippen molar-refractivity contribution in [3.63, 3.8) is 0 Å². The summed E-state index contributed by atoms with van der Waals surface area (Å²) in [6, 6.07) is 11.3. The number of amides is 1. The summed E-state index contributed by atoms with van der Waals surface area (Å²) in [6.07, 6.45) is 1.66. The summed E-state index contributed by atoms with van der Waals surface area (Å²) in [5, 5.41) is 3.77. The second kappa shape index (κ2) is 5.52. The smallest absolute Gasteiger partial charge is 0.273 e. The number of aromatic nitrogens is 2. The Labute approximate surface area is 128 Å². The second-order valence-electron chi connectivity index (χ2n) is 5.10. The Morgan fingerprint density at radius 3 is 2.82 bits per heavy atom. The number of nitrogens with zero attached hydrogens (tertiary/aromatic N) is 2. The number of pyridine rings is 1. The number of rotatable bonds is 3. The fourth-order valence-electron chi connectivity index (χ4n) is 2.52. The molecular formula is C17H17N3O2. The topological polar surface area (TPSA) is 56.1 Å². The van der Waals surface area contributed by atoms with Gasteiger partial charge in [-0.15, -0.1) is 0 Å². The zero-order chi connectivity index (χ0) is 15.7. The lowest BCUT2D eigenvalue weighted by Crippen LogP contribution is -2.16. The van der Waals surface area contributed by atoms with Crippen molar-refractivity contribution in [1.82, 2.24) is 9.55 Å². The molecule has 0 aliphatic heterocycles. The molecule has 0 spiro atoms. The summed E-state index contributed by atoms with van der Waals surface area (Å²) >= 11 is 0. The van der Waals surface area contributed by atoms with E-state index < -0.39 is 0 Å². The molecule has 22 heavy (non-hydrogen) atoms. The molecule has 0 bridgehead atoms. The highest BCUT2D eigenvalue weighted by Crippen LogP contribution is 2.28. The second-order valence-corrected chi connectivity index (χ2v) is 5.10. The maximum absolute atomic E-state index is 12.5. The normalized spacial score (nSPS) is 10.7. The Bertz CT molecular complexity index is 852. The maximum Gasteiger partial charge on any atom is 0.273 e. The average molecular weight is 295 g/mol. The lowest BCUT2D eigenvalue weighted by atomic mass is 10.2. The zero-order valence-corrected chi connectivity index (χ0v) is 12.8. The van der Waals surface area contributed by atoms with E-state index in [0.717, 1.165) is 22.2 Å². The molecule has 0 aliphatic carbocycles. The van der Waals surface area contributed by atoms with E-state index in [1.54, 1.807) is 13.3 Å². The van der Waals surface area contributed by atoms with Gasteiger partial charge in [0.05, 0.1) is 12.6 Å². The predicted octanol–water partition coefficient (Wildman–Crippen LogP) is 3.14. The van der Waals surface area contributed by atoms with Gasteiger partial charge in [0.1, 0.15) is 17.3 Å². The molecule has 1 aromatic carbocycles. The number of hydrogen-bond acceptors (Lipinski definition) is 3. The number of ether oxygens (including phenoxy) is 1. The van der Waals surface area contributed by atoms with E-state index in [-0.39, 0.29) is 5.91 Å². The molecule has 2 aromatic heterocycles. The van der Waals surface area contributed by atoms with Crippen molar-refractivity contribution in [1.29, 1.82) is 0 Å².